The van der Waals surface area contributed by atoms with Crippen molar-refractivity contribution < 1.29 is 13.3 Å². The molecule has 29 rings (SSSR count). The van der Waals surface area contributed by atoms with E-state index < -0.39 is 0 Å². The molecule has 20 aromatic carbocycles. The van der Waals surface area contributed by atoms with Crippen LogP contribution in [0.15, 0.2) is 462 Å². The Kier molecular flexibility index (Phi) is 16.0. The van der Waals surface area contributed by atoms with E-state index in [0.717, 1.165) is 94.0 Å². The van der Waals surface area contributed by atoms with Crippen LogP contribution in [0.25, 0.3) is 253 Å². The second-order valence-electron chi connectivity index (χ2n) is 33.7. The maximum atomic E-state index is 6.50. The lowest BCUT2D eigenvalue weighted by Gasteiger charge is -2.10. The Morgan fingerprint density at radius 1 is 0.132 bits per heavy atom. The number of para-hydroxylation sites is 14. The molecule has 0 bridgehead atoms. The minimum Gasteiger partial charge on any atom is -0.456 e. The molecule has 9 nitrogen and oxygen atoms in total. The molecule has 0 fully saturated rings. The van der Waals surface area contributed by atoms with Crippen LogP contribution in [0.1, 0.15) is 0 Å². The number of fused-ring (bicyclic) bond motifs is 27. The van der Waals surface area contributed by atoms with Crippen LogP contribution in [0.2, 0.25) is 0 Å². The van der Waals surface area contributed by atoms with Crippen molar-refractivity contribution in [2.75, 3.05) is 0 Å². The summed E-state index contributed by atoms with van der Waals surface area (Å²) in [4.78, 5) is 0. The summed E-state index contributed by atoms with van der Waals surface area (Å²) in [6.07, 6.45) is 0. The number of furan rings is 3. The summed E-state index contributed by atoms with van der Waals surface area (Å²) in [5.74, 6) is 0. The first-order chi connectivity index (χ1) is 64.0. The Bertz CT molecular complexity index is 9610. The van der Waals surface area contributed by atoms with Gasteiger partial charge in [0.1, 0.15) is 27.9 Å². The van der Waals surface area contributed by atoms with Crippen molar-refractivity contribution in [2.24, 2.45) is 0 Å². The lowest BCUT2D eigenvalue weighted by molar-refractivity contribution is 0.666. The van der Waals surface area contributed by atoms with Crippen LogP contribution in [0.3, 0.4) is 0 Å². The number of rotatable bonds is 8. The smallest absolute Gasteiger partial charge is 0.159 e. The highest BCUT2D eigenvalue weighted by Crippen LogP contribution is 2.47. The van der Waals surface area contributed by atoms with Crippen LogP contribution in [-0.2, 0) is 0 Å². The molecule has 0 aliphatic heterocycles. The number of benzene rings is 20. The predicted octanol–water partition coefficient (Wildman–Crippen LogP) is 32.7. The van der Waals surface area contributed by atoms with Crippen molar-refractivity contribution in [1.82, 2.24) is 27.4 Å². The van der Waals surface area contributed by atoms with Gasteiger partial charge in [-0.1, -0.05) is 279 Å². The largest absolute Gasteiger partial charge is 0.456 e. The van der Waals surface area contributed by atoms with Crippen molar-refractivity contribution >= 4 is 197 Å². The van der Waals surface area contributed by atoms with Gasteiger partial charge in [-0.3, -0.25) is 0 Å². The van der Waals surface area contributed by atoms with E-state index in [9.17, 15) is 0 Å². The van der Waals surface area contributed by atoms with Crippen LogP contribution in [-0.4, -0.2) is 27.4 Å². The van der Waals surface area contributed by atoms with E-state index in [-0.39, 0.29) is 0 Å². The summed E-state index contributed by atoms with van der Waals surface area (Å²) in [5.41, 5.74) is 31.4. The fraction of sp³-hybridized carbons (Fsp3) is 0. The average Bonchev–Trinajstić information content (AvgIpc) is 1.57. The van der Waals surface area contributed by atoms with E-state index in [2.05, 4.69) is 440 Å². The lowest BCUT2D eigenvalue weighted by atomic mass is 10.0. The molecule has 602 valence electrons. The summed E-state index contributed by atoms with van der Waals surface area (Å²) >= 11 is 0. The van der Waals surface area contributed by atoms with E-state index >= 15 is 0 Å². The number of aromatic nitrogens is 6. The Morgan fingerprint density at radius 2 is 0.395 bits per heavy atom. The van der Waals surface area contributed by atoms with Crippen LogP contribution < -0.4 is 0 Å². The van der Waals surface area contributed by atoms with E-state index in [1.807, 2.05) is 36.4 Å². The van der Waals surface area contributed by atoms with Crippen molar-refractivity contribution in [1.29, 1.82) is 0 Å². The van der Waals surface area contributed by atoms with Gasteiger partial charge >= 0.3 is 0 Å². The Morgan fingerprint density at radius 3 is 0.783 bits per heavy atom. The molecule has 9 heteroatoms. The van der Waals surface area contributed by atoms with E-state index in [0.29, 0.717) is 0 Å². The Balaban J connectivity index is 0.000000100. The molecule has 0 aliphatic carbocycles. The van der Waals surface area contributed by atoms with Crippen molar-refractivity contribution in [3.8, 4) is 56.4 Å². The zero-order chi connectivity index (χ0) is 84.5. The molecule has 9 heterocycles. The first kappa shape index (κ1) is 72.1. The first-order valence-electron chi connectivity index (χ1n) is 44.0. The average molecular weight is 1650 g/mol. The maximum absolute atomic E-state index is 6.50. The van der Waals surface area contributed by atoms with Gasteiger partial charge in [-0.2, -0.15) is 0 Å². The molecule has 9 aromatic heterocycles. The van der Waals surface area contributed by atoms with Gasteiger partial charge in [-0.05, 0) is 187 Å². The molecule has 0 amide bonds. The van der Waals surface area contributed by atoms with E-state index in [1.165, 1.54) is 159 Å². The molecule has 0 saturated carbocycles. The SMILES string of the molecule is c1ccc(-n2c3ccccc3c3cc4c(cc32)c2ccccc2n4-c2ccc(-c3ccc4oc5ccccc5c4c3)cc2)cc1.c1ccc(-n2c3ccccc3c3cc4c(cc32)c2ccccc2n4-c2ccc(-c3cccc4c3oc3ccccc34)cc2)cc1.c1ccc(-n2c3ccccc3c3cc4c(cc32)c2ccccc2n4-c2cccc3c2oc2ccccc23)cc1. The third kappa shape index (κ3) is 11.1. The van der Waals surface area contributed by atoms with Gasteiger partial charge in [0.2, 0.25) is 0 Å². The second kappa shape index (κ2) is 28.6. The molecule has 0 N–H and O–H groups in total. The van der Waals surface area contributed by atoms with Gasteiger partial charge in [0.15, 0.2) is 5.58 Å². The van der Waals surface area contributed by atoms with Crippen LogP contribution in [0, 0.1) is 0 Å². The molecule has 0 atom stereocenters. The minimum absolute atomic E-state index is 0.910. The van der Waals surface area contributed by atoms with Gasteiger partial charge in [0.25, 0.3) is 0 Å². The highest BCUT2D eigenvalue weighted by atomic mass is 16.3. The summed E-state index contributed by atoms with van der Waals surface area (Å²) in [6.45, 7) is 0. The molecular formula is C120H74N6O3. The summed E-state index contributed by atoms with van der Waals surface area (Å²) < 4.78 is 33.3. The zero-order valence-electron chi connectivity index (χ0n) is 69.6. The third-order valence-electron chi connectivity index (χ3n) is 26.7. The van der Waals surface area contributed by atoms with Gasteiger partial charge in [-0.15, -0.1) is 0 Å². The highest BCUT2D eigenvalue weighted by molar-refractivity contribution is 6.24. The second-order valence-corrected chi connectivity index (χ2v) is 33.7. The molecule has 0 unspecified atom stereocenters. The van der Waals surface area contributed by atoms with Crippen LogP contribution in [0.5, 0.6) is 0 Å². The van der Waals surface area contributed by atoms with E-state index in [4.69, 9.17) is 13.3 Å². The summed E-state index contributed by atoms with van der Waals surface area (Å²) in [7, 11) is 0. The van der Waals surface area contributed by atoms with Gasteiger partial charge in [0.05, 0.1) is 71.9 Å². The number of hydrogen-bond donors (Lipinski definition) is 0. The molecule has 0 spiro atoms. The van der Waals surface area contributed by atoms with E-state index in [1.54, 1.807) is 0 Å². The summed E-state index contributed by atoms with van der Waals surface area (Å²) in [5, 5.41) is 21.8. The summed E-state index contributed by atoms with van der Waals surface area (Å²) in [6, 6.07) is 161. The highest BCUT2D eigenvalue weighted by Gasteiger charge is 2.26. The quantitative estimate of drug-likeness (QED) is 0.152. The molecule has 129 heavy (non-hydrogen) atoms. The van der Waals surface area contributed by atoms with Crippen LogP contribution >= 0.6 is 0 Å². The molecule has 0 aliphatic rings. The molecular weight excluding hydrogens is 1570 g/mol. The third-order valence-corrected chi connectivity index (χ3v) is 26.7. The predicted molar refractivity (Wildman–Crippen MR) is 538 cm³/mol. The number of nitrogens with zero attached hydrogens (tertiary/aromatic N) is 6. The Labute approximate surface area is 737 Å². The Hall–Kier alpha value is -17.4. The fourth-order valence-corrected chi connectivity index (χ4v) is 21.1. The topological polar surface area (TPSA) is 69.0 Å². The minimum atomic E-state index is 0.910. The molecule has 0 saturated heterocycles. The van der Waals surface area contributed by atoms with Crippen molar-refractivity contribution in [3.63, 3.8) is 0 Å². The lowest BCUT2D eigenvalue weighted by Crippen LogP contribution is -1.95. The van der Waals surface area contributed by atoms with Gasteiger partial charge in [-0.25, -0.2) is 0 Å². The van der Waals surface area contributed by atoms with Crippen molar-refractivity contribution in [3.05, 3.63) is 449 Å². The number of hydrogen-bond acceptors (Lipinski definition) is 3. The zero-order valence-corrected chi connectivity index (χ0v) is 69.6. The maximum Gasteiger partial charge on any atom is 0.159 e. The fourth-order valence-electron chi connectivity index (χ4n) is 21.1. The standard InChI is InChI=1S/2C42H26N2O.C36H22N2O/c1-2-11-28(12-3-1)43-37-18-7-4-13-31(37)35-26-40-36(25-39(35)43)32-14-5-8-19-38(32)44(40)29-23-21-27(22-24-29)30-16-10-17-34-33-15-6-9-20-41(33)45-42(30)34;1-2-10-29(11-3-1)43-37-15-7-4-12-31(37)34-26-40-35(25-39(34)43)32-13-5-8-16-38(32)44(40)30-21-18-27(19-22-30)28-20-23-42-36(24-28)33-14-6-9-17-41(33)45-42;1-2-11-23(12-3-1)37-30-17-7-4-13-24(30)28-22-34-29(21-33(28)37)25-14-5-8-18-31(25)38(34)32-19-10-16-27-26-15-6-9-20-35(26)39-36(27)32/h2*1-26H;1-22H. The van der Waals surface area contributed by atoms with Crippen LogP contribution in [0.4, 0.5) is 0 Å². The van der Waals surface area contributed by atoms with Gasteiger partial charge in [0, 0.05) is 131 Å². The normalized spacial score (nSPS) is 12.0. The monoisotopic (exact) mass is 1650 g/mol. The molecule has 0 radical (unpaired) electrons. The van der Waals surface area contributed by atoms with Crippen molar-refractivity contribution in [2.45, 2.75) is 0 Å². The molecule has 29 aromatic rings. The first-order valence-corrected chi connectivity index (χ1v) is 44.0. The van der Waals surface area contributed by atoms with Gasteiger partial charge < -0.3 is 40.7 Å².